The molecule has 2 aromatic rings. The van der Waals surface area contributed by atoms with Crippen LogP contribution in [0.15, 0.2) is 36.7 Å². The second-order valence-corrected chi connectivity index (χ2v) is 6.59. The summed E-state index contributed by atoms with van der Waals surface area (Å²) in [4.78, 5) is 23.1. The third-order valence-corrected chi connectivity index (χ3v) is 4.58. The van der Waals surface area contributed by atoms with E-state index >= 15 is 0 Å². The summed E-state index contributed by atoms with van der Waals surface area (Å²) in [6.07, 6.45) is 5.65. The molecule has 3 rings (SSSR count). The largest absolute Gasteiger partial charge is 0.437 e. The molecule has 2 heterocycles. The second kappa shape index (κ2) is 8.76. The molecule has 1 fully saturated rings. The standard InChI is InChI=1S/C20H25N3O3/c1-15-5-3-7-17(13-15)26-20-19(21-9-10-22-20)16-6-4-11-23(14-16)18(24)8-12-25-2/h3,5,7,9-10,13,16H,4,6,8,11-12,14H2,1-2H3/t16-/m1/s1. The summed E-state index contributed by atoms with van der Waals surface area (Å²) in [6, 6.07) is 7.86. The average molecular weight is 355 g/mol. The number of carbonyl (C=O) groups excluding carboxylic acids is 1. The molecule has 1 aliphatic heterocycles. The lowest BCUT2D eigenvalue weighted by molar-refractivity contribution is -0.133. The molecule has 0 bridgehead atoms. The fourth-order valence-electron chi connectivity index (χ4n) is 3.26. The number of rotatable bonds is 6. The summed E-state index contributed by atoms with van der Waals surface area (Å²) in [5, 5.41) is 0. The minimum atomic E-state index is 0.126. The van der Waals surface area contributed by atoms with Gasteiger partial charge in [0.25, 0.3) is 0 Å². The van der Waals surface area contributed by atoms with E-state index in [2.05, 4.69) is 9.97 Å². The van der Waals surface area contributed by atoms with E-state index in [1.54, 1.807) is 19.5 Å². The molecule has 6 heteroatoms. The van der Waals surface area contributed by atoms with Crippen LogP contribution < -0.4 is 4.74 Å². The van der Waals surface area contributed by atoms with Gasteiger partial charge in [-0.05, 0) is 37.5 Å². The van der Waals surface area contributed by atoms with Gasteiger partial charge in [-0.15, -0.1) is 0 Å². The Kier molecular flexibility index (Phi) is 6.17. The molecule has 0 spiro atoms. The van der Waals surface area contributed by atoms with Crippen LogP contribution in [0.2, 0.25) is 0 Å². The maximum Gasteiger partial charge on any atom is 0.241 e. The zero-order chi connectivity index (χ0) is 18.4. The number of aryl methyl sites for hydroxylation is 1. The fourth-order valence-corrected chi connectivity index (χ4v) is 3.26. The van der Waals surface area contributed by atoms with Crippen molar-refractivity contribution in [1.29, 1.82) is 0 Å². The topological polar surface area (TPSA) is 64.5 Å². The second-order valence-electron chi connectivity index (χ2n) is 6.59. The maximum absolute atomic E-state index is 12.3. The molecule has 1 aromatic heterocycles. The lowest BCUT2D eigenvalue weighted by Gasteiger charge is -2.32. The van der Waals surface area contributed by atoms with Crippen LogP contribution in [0.5, 0.6) is 11.6 Å². The molecule has 26 heavy (non-hydrogen) atoms. The Morgan fingerprint density at radius 3 is 2.96 bits per heavy atom. The van der Waals surface area contributed by atoms with Crippen molar-refractivity contribution >= 4 is 5.91 Å². The van der Waals surface area contributed by atoms with Crippen molar-refractivity contribution in [3.05, 3.63) is 47.9 Å². The fraction of sp³-hybridized carbons (Fsp3) is 0.450. The van der Waals surface area contributed by atoms with Crippen LogP contribution in [0, 0.1) is 6.92 Å². The van der Waals surface area contributed by atoms with Gasteiger partial charge in [-0.3, -0.25) is 9.78 Å². The van der Waals surface area contributed by atoms with E-state index in [4.69, 9.17) is 9.47 Å². The Balaban J connectivity index is 1.75. The molecule has 0 saturated carbocycles. The van der Waals surface area contributed by atoms with Gasteiger partial charge in [0.1, 0.15) is 11.4 Å². The van der Waals surface area contributed by atoms with Crippen molar-refractivity contribution in [3.63, 3.8) is 0 Å². The number of likely N-dealkylation sites (tertiary alicyclic amines) is 1. The lowest BCUT2D eigenvalue weighted by Crippen LogP contribution is -2.39. The molecule has 1 amide bonds. The molecule has 0 aliphatic carbocycles. The third-order valence-electron chi connectivity index (χ3n) is 4.58. The van der Waals surface area contributed by atoms with Crippen LogP contribution >= 0.6 is 0 Å². The van der Waals surface area contributed by atoms with E-state index in [1.807, 2.05) is 36.1 Å². The van der Waals surface area contributed by atoms with E-state index in [1.165, 1.54) is 0 Å². The van der Waals surface area contributed by atoms with Crippen LogP contribution in [0.25, 0.3) is 0 Å². The number of methoxy groups -OCH3 is 1. The number of hydrogen-bond donors (Lipinski definition) is 0. The Bertz CT molecular complexity index is 751. The van der Waals surface area contributed by atoms with E-state index in [-0.39, 0.29) is 11.8 Å². The third kappa shape index (κ3) is 4.58. The Morgan fingerprint density at radius 1 is 1.31 bits per heavy atom. The first-order valence-electron chi connectivity index (χ1n) is 8.99. The van der Waals surface area contributed by atoms with Gasteiger partial charge >= 0.3 is 0 Å². The highest BCUT2D eigenvalue weighted by Crippen LogP contribution is 2.32. The first-order valence-corrected chi connectivity index (χ1v) is 8.99. The highest BCUT2D eigenvalue weighted by Gasteiger charge is 2.28. The molecular formula is C20H25N3O3. The van der Waals surface area contributed by atoms with Crippen LogP contribution in [0.1, 0.15) is 36.4 Å². The summed E-state index contributed by atoms with van der Waals surface area (Å²) < 4.78 is 11.0. The average Bonchev–Trinajstić information content (AvgIpc) is 2.66. The summed E-state index contributed by atoms with van der Waals surface area (Å²) in [5.74, 6) is 1.52. The Morgan fingerprint density at radius 2 is 2.15 bits per heavy atom. The maximum atomic E-state index is 12.3. The van der Waals surface area contributed by atoms with Crippen LogP contribution in [-0.2, 0) is 9.53 Å². The molecule has 138 valence electrons. The first kappa shape index (κ1) is 18.3. The number of ether oxygens (including phenoxy) is 2. The predicted octanol–water partition coefficient (Wildman–Crippen LogP) is 3.32. The molecule has 0 N–H and O–H groups in total. The number of carbonyl (C=O) groups is 1. The van der Waals surface area contributed by atoms with E-state index in [9.17, 15) is 4.79 Å². The van der Waals surface area contributed by atoms with E-state index in [0.29, 0.717) is 25.5 Å². The van der Waals surface area contributed by atoms with Crippen LogP contribution in [0.4, 0.5) is 0 Å². The van der Waals surface area contributed by atoms with Gasteiger partial charge in [-0.25, -0.2) is 4.98 Å². The highest BCUT2D eigenvalue weighted by atomic mass is 16.5. The van der Waals surface area contributed by atoms with Gasteiger partial charge < -0.3 is 14.4 Å². The van der Waals surface area contributed by atoms with Gasteiger partial charge in [0.15, 0.2) is 0 Å². The Hall–Kier alpha value is -2.47. The SMILES string of the molecule is COCCC(=O)N1CCC[C@@H](c2nccnc2Oc2cccc(C)c2)C1. The predicted molar refractivity (Wildman–Crippen MR) is 98.3 cm³/mol. The molecular weight excluding hydrogens is 330 g/mol. The minimum absolute atomic E-state index is 0.126. The molecule has 0 radical (unpaired) electrons. The minimum Gasteiger partial charge on any atom is -0.437 e. The van der Waals surface area contributed by atoms with Gasteiger partial charge in [-0.2, -0.15) is 0 Å². The summed E-state index contributed by atoms with van der Waals surface area (Å²) in [7, 11) is 1.61. The highest BCUT2D eigenvalue weighted by molar-refractivity contribution is 5.76. The number of amides is 1. The monoisotopic (exact) mass is 355 g/mol. The summed E-state index contributed by atoms with van der Waals surface area (Å²) in [5.41, 5.74) is 1.94. The molecule has 1 saturated heterocycles. The molecule has 1 aliphatic rings. The van der Waals surface area contributed by atoms with Crippen molar-refractivity contribution in [1.82, 2.24) is 14.9 Å². The van der Waals surface area contributed by atoms with Gasteiger partial charge in [-0.1, -0.05) is 12.1 Å². The molecule has 1 atom stereocenters. The van der Waals surface area contributed by atoms with Crippen molar-refractivity contribution < 1.29 is 14.3 Å². The number of benzene rings is 1. The first-order chi connectivity index (χ1) is 12.7. The van der Waals surface area contributed by atoms with Gasteiger partial charge in [0, 0.05) is 38.5 Å². The smallest absolute Gasteiger partial charge is 0.241 e. The van der Waals surface area contributed by atoms with E-state index < -0.39 is 0 Å². The van der Waals surface area contributed by atoms with Gasteiger partial charge in [0.2, 0.25) is 11.8 Å². The summed E-state index contributed by atoms with van der Waals surface area (Å²) in [6.45, 7) is 3.90. The molecule has 0 unspecified atom stereocenters. The van der Waals surface area contributed by atoms with Crippen LogP contribution in [-0.4, -0.2) is 47.6 Å². The summed E-state index contributed by atoms with van der Waals surface area (Å²) >= 11 is 0. The van der Waals surface area contributed by atoms with Crippen molar-refractivity contribution in [2.24, 2.45) is 0 Å². The van der Waals surface area contributed by atoms with Gasteiger partial charge in [0.05, 0.1) is 13.0 Å². The molecule has 1 aromatic carbocycles. The van der Waals surface area contributed by atoms with Crippen LogP contribution in [0.3, 0.4) is 0 Å². The normalized spacial score (nSPS) is 17.2. The van der Waals surface area contributed by atoms with Crippen molar-refractivity contribution in [2.75, 3.05) is 26.8 Å². The van der Waals surface area contributed by atoms with Crippen molar-refractivity contribution in [2.45, 2.75) is 32.1 Å². The number of hydrogen-bond acceptors (Lipinski definition) is 5. The lowest BCUT2D eigenvalue weighted by atomic mass is 9.94. The number of aromatic nitrogens is 2. The molecule has 6 nitrogen and oxygen atoms in total. The zero-order valence-electron chi connectivity index (χ0n) is 15.4. The number of nitrogens with zero attached hydrogens (tertiary/aromatic N) is 3. The zero-order valence-corrected chi connectivity index (χ0v) is 15.4. The number of piperidine rings is 1. The quantitative estimate of drug-likeness (QED) is 0.795. The van der Waals surface area contributed by atoms with Crippen molar-refractivity contribution in [3.8, 4) is 11.6 Å². The van der Waals surface area contributed by atoms with E-state index in [0.717, 1.165) is 36.4 Å². The Labute approximate surface area is 154 Å².